The van der Waals surface area contributed by atoms with Crippen molar-refractivity contribution in [2.45, 2.75) is 32.3 Å². The van der Waals surface area contributed by atoms with Gasteiger partial charge in [0.15, 0.2) is 0 Å². The van der Waals surface area contributed by atoms with E-state index >= 15 is 0 Å². The number of aliphatic hydroxyl groups is 1. The lowest BCUT2D eigenvalue weighted by atomic mass is 10.0. The predicted octanol–water partition coefficient (Wildman–Crippen LogP) is 3.67. The molecule has 0 unspecified atom stereocenters. The minimum Gasteiger partial charge on any atom is -0.391 e. The van der Waals surface area contributed by atoms with Crippen LogP contribution in [-0.2, 0) is 6.61 Å². The van der Waals surface area contributed by atoms with Crippen LogP contribution in [-0.4, -0.2) is 10.3 Å². The van der Waals surface area contributed by atoms with Crippen LogP contribution in [0.15, 0.2) is 22.7 Å². The van der Waals surface area contributed by atoms with Gasteiger partial charge in [0.05, 0.1) is 11.6 Å². The fourth-order valence-corrected chi connectivity index (χ4v) is 2.58. The molecular weight excluding hydrogens is 250 g/mol. The summed E-state index contributed by atoms with van der Waals surface area (Å²) >= 11 is 6.23. The Balaban J connectivity index is 2.16. The largest absolute Gasteiger partial charge is 0.391 e. The Bertz CT molecular complexity index is 567. The molecular formula is C14H14ClNO2. The van der Waals surface area contributed by atoms with Gasteiger partial charge < -0.3 is 9.63 Å². The number of aromatic nitrogens is 1. The highest BCUT2D eigenvalue weighted by molar-refractivity contribution is 6.33. The molecule has 3 rings (SSSR count). The zero-order valence-electron chi connectivity index (χ0n) is 10.1. The minimum atomic E-state index is -0.0602. The average Bonchev–Trinajstić information content (AvgIpc) is 3.10. The lowest BCUT2D eigenvalue weighted by Crippen LogP contribution is -1.93. The van der Waals surface area contributed by atoms with E-state index in [0.29, 0.717) is 16.6 Å². The molecule has 1 fully saturated rings. The third-order valence-electron chi connectivity index (χ3n) is 3.38. The molecule has 1 aliphatic rings. The Morgan fingerprint density at radius 2 is 2.22 bits per heavy atom. The third-order valence-corrected chi connectivity index (χ3v) is 3.70. The molecule has 18 heavy (non-hydrogen) atoms. The van der Waals surface area contributed by atoms with Gasteiger partial charge in [-0.25, -0.2) is 0 Å². The highest BCUT2D eigenvalue weighted by Gasteiger charge is 2.32. The maximum absolute atomic E-state index is 9.56. The van der Waals surface area contributed by atoms with Crippen LogP contribution in [0.4, 0.5) is 0 Å². The van der Waals surface area contributed by atoms with Crippen molar-refractivity contribution >= 4 is 11.6 Å². The van der Waals surface area contributed by atoms with Crippen LogP contribution in [0.2, 0.25) is 5.02 Å². The SMILES string of the molecule is Cc1cccc(Cl)c1-c1noc(C2CC2)c1CO. The highest BCUT2D eigenvalue weighted by Crippen LogP contribution is 2.45. The number of nitrogens with zero attached hydrogens (tertiary/aromatic N) is 1. The van der Waals surface area contributed by atoms with Gasteiger partial charge in [-0.3, -0.25) is 0 Å². The molecule has 0 aliphatic heterocycles. The van der Waals surface area contributed by atoms with E-state index in [4.69, 9.17) is 16.1 Å². The molecule has 1 aromatic heterocycles. The molecule has 3 nitrogen and oxygen atoms in total. The summed E-state index contributed by atoms with van der Waals surface area (Å²) in [5.41, 5.74) is 3.36. The Labute approximate surface area is 110 Å². The highest BCUT2D eigenvalue weighted by atomic mass is 35.5. The van der Waals surface area contributed by atoms with E-state index < -0.39 is 0 Å². The maximum Gasteiger partial charge on any atom is 0.145 e. The first kappa shape index (κ1) is 11.8. The number of aryl methyl sites for hydroxylation is 1. The van der Waals surface area contributed by atoms with Gasteiger partial charge in [-0.2, -0.15) is 0 Å². The van der Waals surface area contributed by atoms with Crippen LogP contribution < -0.4 is 0 Å². The second-order valence-corrected chi connectivity index (χ2v) is 5.15. The lowest BCUT2D eigenvalue weighted by Gasteiger charge is -2.06. The van der Waals surface area contributed by atoms with Gasteiger partial charge in [0, 0.05) is 17.0 Å². The maximum atomic E-state index is 9.56. The monoisotopic (exact) mass is 263 g/mol. The van der Waals surface area contributed by atoms with Crippen molar-refractivity contribution in [3.63, 3.8) is 0 Å². The van der Waals surface area contributed by atoms with Crippen LogP contribution in [0, 0.1) is 6.92 Å². The van der Waals surface area contributed by atoms with E-state index in [1.54, 1.807) is 0 Å². The Kier molecular flexibility index (Phi) is 2.88. The second kappa shape index (κ2) is 4.41. The number of rotatable bonds is 3. The van der Waals surface area contributed by atoms with Gasteiger partial charge in [0.1, 0.15) is 11.5 Å². The fraction of sp³-hybridized carbons (Fsp3) is 0.357. The molecule has 1 aliphatic carbocycles. The van der Waals surface area contributed by atoms with Crippen molar-refractivity contribution in [1.82, 2.24) is 5.16 Å². The number of hydrogen-bond donors (Lipinski definition) is 1. The summed E-state index contributed by atoms with van der Waals surface area (Å²) in [6.45, 7) is 1.92. The smallest absolute Gasteiger partial charge is 0.145 e. The molecule has 2 aromatic rings. The molecule has 1 aromatic carbocycles. The van der Waals surface area contributed by atoms with Crippen LogP contribution in [0.25, 0.3) is 11.3 Å². The molecule has 0 bridgehead atoms. The van der Waals surface area contributed by atoms with Crippen LogP contribution in [0.1, 0.15) is 35.6 Å². The summed E-state index contributed by atoms with van der Waals surface area (Å²) in [4.78, 5) is 0. The summed E-state index contributed by atoms with van der Waals surface area (Å²) < 4.78 is 5.41. The van der Waals surface area contributed by atoms with Crippen molar-refractivity contribution in [2.24, 2.45) is 0 Å². The molecule has 1 heterocycles. The minimum absolute atomic E-state index is 0.0602. The quantitative estimate of drug-likeness (QED) is 0.919. The Morgan fingerprint density at radius 1 is 1.44 bits per heavy atom. The van der Waals surface area contributed by atoms with Crippen molar-refractivity contribution < 1.29 is 9.63 Å². The summed E-state index contributed by atoms with van der Waals surface area (Å²) in [6.07, 6.45) is 2.23. The van der Waals surface area contributed by atoms with Gasteiger partial charge in [0.25, 0.3) is 0 Å². The van der Waals surface area contributed by atoms with Crippen molar-refractivity contribution in [3.05, 3.63) is 40.1 Å². The molecule has 0 radical (unpaired) electrons. The molecule has 0 atom stereocenters. The van der Waals surface area contributed by atoms with Crippen molar-refractivity contribution in [1.29, 1.82) is 0 Å². The summed E-state index contributed by atoms with van der Waals surface area (Å²) in [5, 5.41) is 14.3. The standard InChI is InChI=1S/C14H14ClNO2/c1-8-3-2-4-11(15)12(8)13-10(7-17)14(18-16-13)9-5-6-9/h2-4,9,17H,5-7H2,1H3. The van der Waals surface area contributed by atoms with Crippen LogP contribution in [0.3, 0.4) is 0 Å². The molecule has 0 spiro atoms. The average molecular weight is 264 g/mol. The summed E-state index contributed by atoms with van der Waals surface area (Å²) in [7, 11) is 0. The third kappa shape index (κ3) is 1.84. The van der Waals surface area contributed by atoms with Crippen molar-refractivity contribution in [3.8, 4) is 11.3 Å². The number of hydrogen-bond acceptors (Lipinski definition) is 3. The molecule has 1 saturated carbocycles. The topological polar surface area (TPSA) is 46.3 Å². The first-order valence-corrected chi connectivity index (χ1v) is 6.45. The zero-order valence-corrected chi connectivity index (χ0v) is 10.9. The fourth-order valence-electron chi connectivity index (χ4n) is 2.27. The van der Waals surface area contributed by atoms with Gasteiger partial charge in [-0.1, -0.05) is 28.9 Å². The Hall–Kier alpha value is -1.32. The van der Waals surface area contributed by atoms with Gasteiger partial charge in [-0.15, -0.1) is 0 Å². The lowest BCUT2D eigenvalue weighted by molar-refractivity contribution is 0.277. The predicted molar refractivity (Wildman–Crippen MR) is 69.6 cm³/mol. The zero-order chi connectivity index (χ0) is 12.7. The number of aliphatic hydroxyl groups excluding tert-OH is 1. The van der Waals surface area contributed by atoms with Crippen LogP contribution >= 0.6 is 11.6 Å². The van der Waals surface area contributed by atoms with Gasteiger partial charge >= 0.3 is 0 Å². The van der Waals surface area contributed by atoms with E-state index in [0.717, 1.165) is 35.3 Å². The first-order chi connectivity index (χ1) is 8.72. The van der Waals surface area contributed by atoms with E-state index in [2.05, 4.69) is 5.16 Å². The number of benzene rings is 1. The van der Waals surface area contributed by atoms with E-state index in [1.165, 1.54) is 0 Å². The normalized spacial score (nSPS) is 15.1. The van der Waals surface area contributed by atoms with E-state index in [-0.39, 0.29) is 6.61 Å². The van der Waals surface area contributed by atoms with Gasteiger partial charge in [0.2, 0.25) is 0 Å². The first-order valence-electron chi connectivity index (χ1n) is 6.07. The molecule has 0 saturated heterocycles. The molecule has 1 N–H and O–H groups in total. The number of halogens is 1. The molecule has 94 valence electrons. The van der Waals surface area contributed by atoms with E-state index in [9.17, 15) is 5.11 Å². The molecule has 0 amide bonds. The summed E-state index contributed by atoms with van der Waals surface area (Å²) in [5.74, 6) is 1.25. The second-order valence-electron chi connectivity index (χ2n) is 4.74. The Morgan fingerprint density at radius 3 is 2.83 bits per heavy atom. The van der Waals surface area contributed by atoms with Crippen molar-refractivity contribution in [2.75, 3.05) is 0 Å². The van der Waals surface area contributed by atoms with Gasteiger partial charge in [-0.05, 0) is 31.4 Å². The van der Waals surface area contributed by atoms with Crippen LogP contribution in [0.5, 0.6) is 0 Å². The summed E-state index contributed by atoms with van der Waals surface area (Å²) in [6, 6.07) is 5.71. The van der Waals surface area contributed by atoms with E-state index in [1.807, 2.05) is 25.1 Å². The molecule has 4 heteroatoms.